The van der Waals surface area contributed by atoms with Gasteiger partial charge in [-0.05, 0) is 32.6 Å². The summed E-state index contributed by atoms with van der Waals surface area (Å²) < 4.78 is 10.3. The number of oxazole rings is 1. The van der Waals surface area contributed by atoms with Crippen LogP contribution in [-0.2, 0) is 9.53 Å². The summed E-state index contributed by atoms with van der Waals surface area (Å²) in [5.74, 6) is 0.347. The molecule has 6 heteroatoms. The predicted molar refractivity (Wildman–Crippen MR) is 68.2 cm³/mol. The number of nitrogens with two attached hydrogens (primary N) is 1. The lowest BCUT2D eigenvalue weighted by molar-refractivity contribution is -0.149. The molecule has 1 atom stereocenters. The third kappa shape index (κ3) is 2.87. The molecule has 0 aromatic carbocycles. The van der Waals surface area contributed by atoms with E-state index in [2.05, 4.69) is 4.98 Å². The molecule has 0 amide bonds. The zero-order valence-corrected chi connectivity index (χ0v) is 11.5. The van der Waals surface area contributed by atoms with Crippen molar-refractivity contribution < 1.29 is 13.9 Å². The summed E-state index contributed by atoms with van der Waals surface area (Å²) in [5, 5.41) is 0.548. The van der Waals surface area contributed by atoms with E-state index in [0.29, 0.717) is 17.6 Å². The second-order valence-electron chi connectivity index (χ2n) is 4.58. The lowest BCUT2D eigenvalue weighted by atomic mass is 9.97. The van der Waals surface area contributed by atoms with Gasteiger partial charge in [0.2, 0.25) is 0 Å². The molecule has 18 heavy (non-hydrogen) atoms. The van der Waals surface area contributed by atoms with Crippen LogP contribution < -0.4 is 5.73 Å². The standard InChI is InChI=1S/C12H18N2O3S/c1-3-16-10(15)12(13,9-4-5-9)7-18-11-14-8(2)6-17-11/h6,9H,3-5,7,13H2,1-2H3. The molecule has 0 bridgehead atoms. The van der Waals surface area contributed by atoms with Crippen LogP contribution in [0.4, 0.5) is 0 Å². The third-order valence-corrected chi connectivity index (χ3v) is 4.05. The van der Waals surface area contributed by atoms with E-state index in [1.807, 2.05) is 6.92 Å². The van der Waals surface area contributed by atoms with Crippen LogP contribution in [0.25, 0.3) is 0 Å². The quantitative estimate of drug-likeness (QED) is 0.626. The highest BCUT2D eigenvalue weighted by Gasteiger charge is 2.49. The Balaban J connectivity index is 1.99. The van der Waals surface area contributed by atoms with E-state index in [1.54, 1.807) is 13.2 Å². The van der Waals surface area contributed by atoms with Crippen LogP contribution in [0, 0.1) is 12.8 Å². The Morgan fingerprint density at radius 2 is 2.44 bits per heavy atom. The number of esters is 1. The van der Waals surface area contributed by atoms with Gasteiger partial charge in [0.1, 0.15) is 11.8 Å². The summed E-state index contributed by atoms with van der Waals surface area (Å²) in [7, 11) is 0. The first kappa shape index (κ1) is 13.4. The van der Waals surface area contributed by atoms with Gasteiger partial charge in [-0.25, -0.2) is 4.98 Å². The molecule has 1 aliphatic carbocycles. The largest absolute Gasteiger partial charge is 0.465 e. The van der Waals surface area contributed by atoms with Gasteiger partial charge in [0, 0.05) is 5.75 Å². The van der Waals surface area contributed by atoms with Crippen LogP contribution >= 0.6 is 11.8 Å². The van der Waals surface area contributed by atoms with E-state index in [0.717, 1.165) is 18.5 Å². The molecule has 0 spiro atoms. The van der Waals surface area contributed by atoms with Gasteiger partial charge >= 0.3 is 5.97 Å². The molecular weight excluding hydrogens is 252 g/mol. The second kappa shape index (κ2) is 5.32. The Bertz CT molecular complexity index is 431. The fraction of sp³-hybridized carbons (Fsp3) is 0.667. The minimum absolute atomic E-state index is 0.222. The van der Waals surface area contributed by atoms with Gasteiger partial charge < -0.3 is 14.9 Å². The van der Waals surface area contributed by atoms with Crippen molar-refractivity contribution in [3.05, 3.63) is 12.0 Å². The summed E-state index contributed by atoms with van der Waals surface area (Å²) in [5.41, 5.74) is 6.13. The Labute approximate surface area is 110 Å². The molecule has 1 saturated carbocycles. The lowest BCUT2D eigenvalue weighted by Gasteiger charge is -2.25. The SMILES string of the molecule is CCOC(=O)C(N)(CSc1nc(C)co1)C1CC1. The molecule has 1 fully saturated rings. The zero-order chi connectivity index (χ0) is 13.2. The Morgan fingerprint density at radius 3 is 2.94 bits per heavy atom. The number of hydrogen-bond acceptors (Lipinski definition) is 6. The maximum Gasteiger partial charge on any atom is 0.327 e. The fourth-order valence-electron chi connectivity index (χ4n) is 1.79. The molecule has 2 N–H and O–H groups in total. The molecular formula is C12H18N2O3S. The minimum Gasteiger partial charge on any atom is -0.465 e. The van der Waals surface area contributed by atoms with Crippen molar-refractivity contribution in [3.8, 4) is 0 Å². The van der Waals surface area contributed by atoms with E-state index < -0.39 is 5.54 Å². The first-order chi connectivity index (χ1) is 8.56. The number of aromatic nitrogens is 1. The maximum atomic E-state index is 12.0. The van der Waals surface area contributed by atoms with Gasteiger partial charge in [-0.15, -0.1) is 0 Å². The average molecular weight is 270 g/mol. The van der Waals surface area contributed by atoms with E-state index >= 15 is 0 Å². The lowest BCUT2D eigenvalue weighted by Crippen LogP contribution is -2.53. The number of carbonyl (C=O) groups excluding carboxylic acids is 1. The highest BCUT2D eigenvalue weighted by molar-refractivity contribution is 7.99. The topological polar surface area (TPSA) is 78.4 Å². The number of rotatable bonds is 6. The number of nitrogens with zero attached hydrogens (tertiary/aromatic N) is 1. The molecule has 0 radical (unpaired) electrons. The molecule has 0 saturated heterocycles. The molecule has 1 unspecified atom stereocenters. The van der Waals surface area contributed by atoms with Crippen molar-refractivity contribution in [1.82, 2.24) is 4.98 Å². The molecule has 1 aromatic heterocycles. The second-order valence-corrected chi connectivity index (χ2v) is 5.51. The average Bonchev–Trinajstić information content (AvgIpc) is 3.11. The van der Waals surface area contributed by atoms with Gasteiger partial charge in [-0.3, -0.25) is 4.79 Å². The number of thioether (sulfide) groups is 1. The van der Waals surface area contributed by atoms with Crippen molar-refractivity contribution >= 4 is 17.7 Å². The normalized spacial score (nSPS) is 18.4. The van der Waals surface area contributed by atoms with Crippen LogP contribution in [0.1, 0.15) is 25.5 Å². The number of aryl methyl sites for hydroxylation is 1. The summed E-state index contributed by atoms with van der Waals surface area (Å²) in [6.07, 6.45) is 3.56. The first-order valence-corrected chi connectivity index (χ1v) is 7.06. The molecule has 0 aliphatic heterocycles. The Kier molecular flexibility index (Phi) is 3.97. The van der Waals surface area contributed by atoms with Gasteiger partial charge in [0.15, 0.2) is 0 Å². The van der Waals surface area contributed by atoms with Crippen molar-refractivity contribution in [2.75, 3.05) is 12.4 Å². The van der Waals surface area contributed by atoms with E-state index in [-0.39, 0.29) is 11.9 Å². The fourth-order valence-corrected chi connectivity index (χ4v) is 2.83. The van der Waals surface area contributed by atoms with E-state index in [1.165, 1.54) is 11.8 Å². The summed E-state index contributed by atoms with van der Waals surface area (Å²) in [6, 6.07) is 0. The van der Waals surface area contributed by atoms with Gasteiger partial charge in [0.25, 0.3) is 5.22 Å². The van der Waals surface area contributed by atoms with E-state index in [4.69, 9.17) is 14.9 Å². The molecule has 5 nitrogen and oxygen atoms in total. The zero-order valence-electron chi connectivity index (χ0n) is 10.6. The van der Waals surface area contributed by atoms with Crippen LogP contribution in [-0.4, -0.2) is 28.9 Å². The Morgan fingerprint density at radius 1 is 1.72 bits per heavy atom. The number of ether oxygens (including phenoxy) is 1. The van der Waals surface area contributed by atoms with Crippen molar-refractivity contribution in [2.24, 2.45) is 11.7 Å². The maximum absolute atomic E-state index is 12.0. The number of carbonyl (C=O) groups is 1. The van der Waals surface area contributed by atoms with Crippen molar-refractivity contribution in [3.63, 3.8) is 0 Å². The van der Waals surface area contributed by atoms with Gasteiger partial charge in [-0.1, -0.05) is 11.8 Å². The minimum atomic E-state index is -0.914. The highest BCUT2D eigenvalue weighted by atomic mass is 32.2. The van der Waals surface area contributed by atoms with Crippen molar-refractivity contribution in [2.45, 2.75) is 37.5 Å². The smallest absolute Gasteiger partial charge is 0.327 e. The number of hydrogen-bond donors (Lipinski definition) is 1. The van der Waals surface area contributed by atoms with Crippen LogP contribution in [0.3, 0.4) is 0 Å². The molecule has 1 aliphatic rings. The van der Waals surface area contributed by atoms with Crippen LogP contribution in [0.15, 0.2) is 15.9 Å². The highest BCUT2D eigenvalue weighted by Crippen LogP contribution is 2.41. The Hall–Kier alpha value is -1.01. The predicted octanol–water partition coefficient (Wildman–Crippen LogP) is 1.75. The van der Waals surface area contributed by atoms with Crippen LogP contribution in [0.2, 0.25) is 0 Å². The van der Waals surface area contributed by atoms with E-state index in [9.17, 15) is 4.79 Å². The summed E-state index contributed by atoms with van der Waals surface area (Å²) >= 11 is 1.37. The van der Waals surface area contributed by atoms with Crippen LogP contribution in [0.5, 0.6) is 0 Å². The molecule has 1 aromatic rings. The monoisotopic (exact) mass is 270 g/mol. The van der Waals surface area contributed by atoms with Gasteiger partial charge in [-0.2, -0.15) is 0 Å². The third-order valence-electron chi connectivity index (χ3n) is 2.99. The van der Waals surface area contributed by atoms with Crippen molar-refractivity contribution in [1.29, 1.82) is 0 Å². The summed E-state index contributed by atoms with van der Waals surface area (Å²) in [4.78, 5) is 16.1. The molecule has 100 valence electrons. The summed E-state index contributed by atoms with van der Waals surface area (Å²) in [6.45, 7) is 4.00. The van der Waals surface area contributed by atoms with Gasteiger partial charge in [0.05, 0.1) is 12.3 Å². The molecule has 1 heterocycles. The molecule has 2 rings (SSSR count). The first-order valence-electron chi connectivity index (χ1n) is 6.07.